The van der Waals surface area contributed by atoms with Crippen molar-refractivity contribution in [3.05, 3.63) is 0 Å². The Bertz CT molecular complexity index is 380. The van der Waals surface area contributed by atoms with Crippen molar-refractivity contribution in [2.24, 2.45) is 0 Å². The SMILES string of the molecule is COCCC(=O)NCCCNC(=O)CCNC(=O)OC(C)(C)C. The Morgan fingerprint density at radius 2 is 1.43 bits per heavy atom. The van der Waals surface area contributed by atoms with Crippen LogP contribution in [-0.4, -0.2) is 56.9 Å². The highest BCUT2D eigenvalue weighted by molar-refractivity contribution is 5.77. The van der Waals surface area contributed by atoms with Gasteiger partial charge < -0.3 is 25.4 Å². The highest BCUT2D eigenvalue weighted by Crippen LogP contribution is 2.06. The molecule has 0 aliphatic heterocycles. The Balaban J connectivity index is 3.54. The van der Waals surface area contributed by atoms with Crippen molar-refractivity contribution < 1.29 is 23.9 Å². The summed E-state index contributed by atoms with van der Waals surface area (Å²) >= 11 is 0. The van der Waals surface area contributed by atoms with Gasteiger partial charge in [0.1, 0.15) is 5.60 Å². The molecule has 8 nitrogen and oxygen atoms in total. The molecule has 0 aliphatic rings. The summed E-state index contributed by atoms with van der Waals surface area (Å²) in [6.07, 6.45) is 0.617. The lowest BCUT2D eigenvalue weighted by Crippen LogP contribution is -2.35. The van der Waals surface area contributed by atoms with Crippen LogP contribution in [0.4, 0.5) is 4.79 Å². The smallest absolute Gasteiger partial charge is 0.407 e. The second kappa shape index (κ2) is 11.7. The minimum atomic E-state index is -0.556. The van der Waals surface area contributed by atoms with Gasteiger partial charge in [0.15, 0.2) is 0 Å². The number of methoxy groups -OCH3 is 1. The molecular weight excluding hydrogens is 302 g/mol. The number of carbonyl (C=O) groups is 3. The molecule has 8 heteroatoms. The average molecular weight is 331 g/mol. The first-order chi connectivity index (χ1) is 10.7. The van der Waals surface area contributed by atoms with Gasteiger partial charge in [-0.2, -0.15) is 0 Å². The van der Waals surface area contributed by atoms with E-state index in [1.54, 1.807) is 27.9 Å². The van der Waals surface area contributed by atoms with Gasteiger partial charge in [0, 0.05) is 39.6 Å². The lowest BCUT2D eigenvalue weighted by molar-refractivity contribution is -0.122. The second-order valence-corrected chi connectivity index (χ2v) is 5.97. The summed E-state index contributed by atoms with van der Waals surface area (Å²) in [5, 5.41) is 7.96. The third-order valence-electron chi connectivity index (χ3n) is 2.55. The number of hydrogen-bond acceptors (Lipinski definition) is 5. The van der Waals surface area contributed by atoms with Gasteiger partial charge in [-0.15, -0.1) is 0 Å². The Morgan fingerprint density at radius 1 is 0.870 bits per heavy atom. The fourth-order valence-electron chi connectivity index (χ4n) is 1.51. The van der Waals surface area contributed by atoms with E-state index >= 15 is 0 Å². The third kappa shape index (κ3) is 14.9. The summed E-state index contributed by atoms with van der Waals surface area (Å²) in [7, 11) is 1.54. The summed E-state index contributed by atoms with van der Waals surface area (Å²) in [5.41, 5.74) is -0.556. The van der Waals surface area contributed by atoms with Gasteiger partial charge in [-0.1, -0.05) is 0 Å². The summed E-state index contributed by atoms with van der Waals surface area (Å²) in [6, 6.07) is 0. The first kappa shape index (κ1) is 21.2. The number of ether oxygens (including phenoxy) is 2. The number of hydrogen-bond donors (Lipinski definition) is 3. The first-order valence-electron chi connectivity index (χ1n) is 7.74. The van der Waals surface area contributed by atoms with E-state index < -0.39 is 11.7 Å². The largest absolute Gasteiger partial charge is 0.444 e. The minimum absolute atomic E-state index is 0.0697. The number of rotatable bonds is 10. The molecule has 23 heavy (non-hydrogen) atoms. The van der Waals surface area contributed by atoms with Gasteiger partial charge in [0.25, 0.3) is 0 Å². The van der Waals surface area contributed by atoms with Gasteiger partial charge in [-0.05, 0) is 27.2 Å². The summed E-state index contributed by atoms with van der Waals surface area (Å²) in [6.45, 7) is 6.89. The molecule has 0 aromatic carbocycles. The van der Waals surface area contributed by atoms with Crippen molar-refractivity contribution in [2.45, 2.75) is 45.6 Å². The predicted molar refractivity (Wildman–Crippen MR) is 86.0 cm³/mol. The van der Waals surface area contributed by atoms with Gasteiger partial charge in [0.2, 0.25) is 11.8 Å². The predicted octanol–water partition coefficient (Wildman–Crippen LogP) is 0.560. The second-order valence-electron chi connectivity index (χ2n) is 5.97. The Labute approximate surface area is 137 Å². The van der Waals surface area contributed by atoms with Gasteiger partial charge in [0.05, 0.1) is 6.61 Å². The standard InChI is InChI=1S/C15H29N3O5/c1-15(2,3)23-14(21)18-10-6-12(19)16-8-5-9-17-13(20)7-11-22-4/h5-11H2,1-4H3,(H,16,19)(H,17,20)(H,18,21). The molecule has 0 radical (unpaired) electrons. The number of amides is 3. The molecule has 0 bridgehead atoms. The lowest BCUT2D eigenvalue weighted by Gasteiger charge is -2.19. The average Bonchev–Trinajstić information content (AvgIpc) is 2.42. The van der Waals surface area contributed by atoms with Crippen LogP contribution < -0.4 is 16.0 Å². The van der Waals surface area contributed by atoms with Crippen LogP contribution in [0.3, 0.4) is 0 Å². The molecule has 0 saturated carbocycles. The van der Waals surface area contributed by atoms with Crippen molar-refractivity contribution in [2.75, 3.05) is 33.4 Å². The number of carbonyl (C=O) groups excluding carboxylic acids is 3. The zero-order valence-corrected chi connectivity index (χ0v) is 14.5. The molecule has 0 saturated heterocycles. The summed E-state index contributed by atoms with van der Waals surface area (Å²) in [5.74, 6) is -0.230. The molecule has 0 heterocycles. The molecule has 0 unspecified atom stereocenters. The van der Waals surface area contributed by atoms with E-state index in [0.29, 0.717) is 32.5 Å². The highest BCUT2D eigenvalue weighted by Gasteiger charge is 2.15. The van der Waals surface area contributed by atoms with Crippen molar-refractivity contribution >= 4 is 17.9 Å². The van der Waals surface area contributed by atoms with E-state index in [4.69, 9.17) is 9.47 Å². The maximum absolute atomic E-state index is 11.5. The Hall–Kier alpha value is -1.83. The van der Waals surface area contributed by atoms with E-state index in [1.165, 1.54) is 0 Å². The van der Waals surface area contributed by atoms with Gasteiger partial charge >= 0.3 is 6.09 Å². The van der Waals surface area contributed by atoms with Crippen LogP contribution in [0, 0.1) is 0 Å². The van der Waals surface area contributed by atoms with Crippen LogP contribution in [-0.2, 0) is 19.1 Å². The van der Waals surface area contributed by atoms with Crippen molar-refractivity contribution in [1.29, 1.82) is 0 Å². The maximum atomic E-state index is 11.5. The zero-order chi connectivity index (χ0) is 17.7. The molecule has 0 spiro atoms. The highest BCUT2D eigenvalue weighted by atomic mass is 16.6. The zero-order valence-electron chi connectivity index (χ0n) is 14.5. The number of alkyl carbamates (subject to hydrolysis) is 1. The van der Waals surface area contributed by atoms with Crippen LogP contribution in [0.2, 0.25) is 0 Å². The van der Waals surface area contributed by atoms with Crippen LogP contribution >= 0.6 is 0 Å². The first-order valence-corrected chi connectivity index (χ1v) is 7.74. The molecule has 134 valence electrons. The molecule has 0 aromatic heterocycles. The third-order valence-corrected chi connectivity index (χ3v) is 2.55. The fourth-order valence-corrected chi connectivity index (χ4v) is 1.51. The van der Waals surface area contributed by atoms with Gasteiger partial charge in [-0.25, -0.2) is 4.79 Å². The van der Waals surface area contributed by atoms with Crippen molar-refractivity contribution in [3.63, 3.8) is 0 Å². The van der Waals surface area contributed by atoms with E-state index in [2.05, 4.69) is 16.0 Å². The monoisotopic (exact) mass is 331 g/mol. The van der Waals surface area contributed by atoms with E-state index in [1.807, 2.05) is 0 Å². The van der Waals surface area contributed by atoms with Crippen molar-refractivity contribution in [3.8, 4) is 0 Å². The van der Waals surface area contributed by atoms with E-state index in [9.17, 15) is 14.4 Å². The summed E-state index contributed by atoms with van der Waals surface area (Å²) in [4.78, 5) is 34.2. The van der Waals surface area contributed by atoms with Crippen LogP contribution in [0.15, 0.2) is 0 Å². The molecule has 3 N–H and O–H groups in total. The fraction of sp³-hybridized carbons (Fsp3) is 0.800. The molecule has 0 aliphatic carbocycles. The van der Waals surface area contributed by atoms with Crippen LogP contribution in [0.5, 0.6) is 0 Å². The van der Waals surface area contributed by atoms with Crippen LogP contribution in [0.1, 0.15) is 40.0 Å². The molecule has 0 fully saturated rings. The lowest BCUT2D eigenvalue weighted by atomic mass is 10.2. The number of nitrogens with one attached hydrogen (secondary N) is 3. The summed E-state index contributed by atoms with van der Waals surface area (Å²) < 4.78 is 9.85. The van der Waals surface area contributed by atoms with Gasteiger partial charge in [-0.3, -0.25) is 9.59 Å². The molecule has 0 atom stereocenters. The normalized spacial score (nSPS) is 10.8. The minimum Gasteiger partial charge on any atom is -0.444 e. The van der Waals surface area contributed by atoms with E-state index in [0.717, 1.165) is 0 Å². The molecule has 0 rings (SSSR count). The van der Waals surface area contributed by atoms with E-state index in [-0.39, 0.29) is 24.8 Å². The molecule has 3 amide bonds. The topological polar surface area (TPSA) is 106 Å². The molecular formula is C15H29N3O5. The maximum Gasteiger partial charge on any atom is 0.407 e. The molecule has 0 aromatic rings. The Morgan fingerprint density at radius 3 is 1.96 bits per heavy atom. The van der Waals surface area contributed by atoms with Crippen molar-refractivity contribution in [1.82, 2.24) is 16.0 Å². The quantitative estimate of drug-likeness (QED) is 0.507. The van der Waals surface area contributed by atoms with Crippen LogP contribution in [0.25, 0.3) is 0 Å². The Kier molecular flexibility index (Phi) is 10.8.